The Bertz CT molecular complexity index is 1220. The van der Waals surface area contributed by atoms with Crippen molar-refractivity contribution in [2.75, 3.05) is 13.1 Å². The van der Waals surface area contributed by atoms with Gasteiger partial charge in [-0.05, 0) is 79.2 Å². The predicted molar refractivity (Wildman–Crippen MR) is 145 cm³/mol. The SMILES string of the molecule is CC#C[C@@H](CC)c1ccc(OCc2ccc(CN3CCC4(C=Cc5ccccc54)CC3)cc2)cc1. The molecule has 0 unspecified atom stereocenters. The van der Waals surface area contributed by atoms with Crippen LogP contribution in [0.1, 0.15) is 66.8 Å². The van der Waals surface area contributed by atoms with E-state index in [1.165, 1.54) is 40.7 Å². The van der Waals surface area contributed by atoms with Crippen LogP contribution in [0, 0.1) is 11.8 Å². The van der Waals surface area contributed by atoms with E-state index in [9.17, 15) is 0 Å². The van der Waals surface area contributed by atoms with E-state index in [0.29, 0.717) is 12.5 Å². The summed E-state index contributed by atoms with van der Waals surface area (Å²) in [6.07, 6.45) is 8.21. The van der Waals surface area contributed by atoms with Crippen molar-refractivity contribution in [3.05, 3.63) is 107 Å². The van der Waals surface area contributed by atoms with Crippen LogP contribution in [0.5, 0.6) is 5.75 Å². The highest BCUT2D eigenvalue weighted by Gasteiger charge is 2.37. The molecule has 0 radical (unpaired) electrons. The highest BCUT2D eigenvalue weighted by molar-refractivity contribution is 5.65. The molecule has 3 aromatic rings. The van der Waals surface area contributed by atoms with Gasteiger partial charge in [-0.1, -0.05) is 85.7 Å². The number of hydrogen-bond acceptors (Lipinski definition) is 2. The van der Waals surface area contributed by atoms with Crippen LogP contribution in [0.2, 0.25) is 0 Å². The molecule has 0 amide bonds. The van der Waals surface area contributed by atoms with E-state index < -0.39 is 0 Å². The average molecular weight is 462 g/mol. The summed E-state index contributed by atoms with van der Waals surface area (Å²) in [7, 11) is 0. The van der Waals surface area contributed by atoms with Gasteiger partial charge in [0.25, 0.3) is 0 Å². The maximum atomic E-state index is 6.04. The van der Waals surface area contributed by atoms with Crippen LogP contribution in [0.25, 0.3) is 6.08 Å². The van der Waals surface area contributed by atoms with Crippen molar-refractivity contribution >= 4 is 6.08 Å². The molecule has 1 aliphatic heterocycles. The minimum absolute atomic E-state index is 0.257. The number of allylic oxidation sites excluding steroid dienone is 1. The van der Waals surface area contributed by atoms with Gasteiger partial charge in [-0.2, -0.15) is 0 Å². The monoisotopic (exact) mass is 461 g/mol. The highest BCUT2D eigenvalue weighted by Crippen LogP contribution is 2.43. The zero-order valence-corrected chi connectivity index (χ0v) is 21.0. The van der Waals surface area contributed by atoms with Crippen LogP contribution in [0.15, 0.2) is 78.9 Å². The molecule has 1 fully saturated rings. The fourth-order valence-corrected chi connectivity index (χ4v) is 5.54. The number of rotatable bonds is 7. The van der Waals surface area contributed by atoms with Gasteiger partial charge in [0.2, 0.25) is 0 Å². The molecule has 2 aliphatic rings. The van der Waals surface area contributed by atoms with E-state index >= 15 is 0 Å². The maximum Gasteiger partial charge on any atom is 0.119 e. The van der Waals surface area contributed by atoms with Gasteiger partial charge in [-0.15, -0.1) is 5.92 Å². The molecule has 35 heavy (non-hydrogen) atoms. The third kappa shape index (κ3) is 5.21. The second-order valence-electron chi connectivity index (χ2n) is 9.88. The largest absolute Gasteiger partial charge is 0.489 e. The first kappa shape index (κ1) is 23.5. The summed E-state index contributed by atoms with van der Waals surface area (Å²) in [4.78, 5) is 2.60. The Kier molecular flexibility index (Phi) is 7.07. The molecule has 1 spiro atoms. The van der Waals surface area contributed by atoms with Crippen molar-refractivity contribution in [3.8, 4) is 17.6 Å². The number of nitrogens with zero attached hydrogens (tertiary/aromatic N) is 1. The van der Waals surface area contributed by atoms with Gasteiger partial charge in [0.05, 0.1) is 0 Å². The Morgan fingerprint density at radius 2 is 1.63 bits per heavy atom. The van der Waals surface area contributed by atoms with Gasteiger partial charge in [0.1, 0.15) is 12.4 Å². The van der Waals surface area contributed by atoms with Gasteiger partial charge >= 0.3 is 0 Å². The number of ether oxygens (including phenoxy) is 1. The first-order valence-corrected chi connectivity index (χ1v) is 12.9. The van der Waals surface area contributed by atoms with E-state index in [-0.39, 0.29) is 5.41 Å². The van der Waals surface area contributed by atoms with E-state index in [0.717, 1.165) is 31.8 Å². The molecule has 0 saturated carbocycles. The topological polar surface area (TPSA) is 12.5 Å². The van der Waals surface area contributed by atoms with Crippen LogP contribution < -0.4 is 4.74 Å². The molecule has 2 nitrogen and oxygen atoms in total. The Balaban J connectivity index is 1.11. The Hall–Kier alpha value is -3.28. The molecule has 1 saturated heterocycles. The molecule has 1 aliphatic carbocycles. The first-order chi connectivity index (χ1) is 17.2. The van der Waals surface area contributed by atoms with Crippen molar-refractivity contribution in [3.63, 3.8) is 0 Å². The maximum absolute atomic E-state index is 6.04. The molecule has 178 valence electrons. The second-order valence-corrected chi connectivity index (χ2v) is 9.88. The third-order valence-electron chi connectivity index (χ3n) is 7.67. The Labute approximate surface area is 210 Å². The summed E-state index contributed by atoms with van der Waals surface area (Å²) in [6.45, 7) is 7.97. The van der Waals surface area contributed by atoms with Gasteiger partial charge in [-0.3, -0.25) is 4.90 Å². The van der Waals surface area contributed by atoms with Gasteiger partial charge in [-0.25, -0.2) is 0 Å². The van der Waals surface area contributed by atoms with E-state index in [2.05, 4.69) is 109 Å². The molecule has 1 heterocycles. The Morgan fingerprint density at radius 3 is 2.34 bits per heavy atom. The van der Waals surface area contributed by atoms with Gasteiger partial charge < -0.3 is 4.74 Å². The van der Waals surface area contributed by atoms with E-state index in [4.69, 9.17) is 4.74 Å². The first-order valence-electron chi connectivity index (χ1n) is 12.9. The lowest BCUT2D eigenvalue weighted by molar-refractivity contribution is 0.177. The van der Waals surface area contributed by atoms with Crippen LogP contribution in [0.3, 0.4) is 0 Å². The molecular weight excluding hydrogens is 426 g/mol. The highest BCUT2D eigenvalue weighted by atomic mass is 16.5. The fraction of sp³-hybridized carbons (Fsp3) is 0.333. The lowest BCUT2D eigenvalue weighted by Crippen LogP contribution is -2.40. The van der Waals surface area contributed by atoms with Crippen LogP contribution in [0.4, 0.5) is 0 Å². The lowest BCUT2D eigenvalue weighted by atomic mass is 9.74. The van der Waals surface area contributed by atoms with Gasteiger partial charge in [0.15, 0.2) is 0 Å². The average Bonchev–Trinajstić information content (AvgIpc) is 3.27. The smallest absolute Gasteiger partial charge is 0.119 e. The second kappa shape index (κ2) is 10.5. The van der Waals surface area contributed by atoms with Crippen molar-refractivity contribution in [1.82, 2.24) is 4.90 Å². The Morgan fingerprint density at radius 1 is 0.914 bits per heavy atom. The van der Waals surface area contributed by atoms with Crippen LogP contribution >= 0.6 is 0 Å². The molecule has 2 heteroatoms. The predicted octanol–water partition coefficient (Wildman–Crippen LogP) is 7.34. The number of piperidine rings is 1. The molecule has 3 aromatic carbocycles. The van der Waals surface area contributed by atoms with Crippen LogP contribution in [-0.2, 0) is 18.6 Å². The van der Waals surface area contributed by atoms with Crippen molar-refractivity contribution < 1.29 is 4.74 Å². The number of hydrogen-bond donors (Lipinski definition) is 0. The normalized spacial score (nSPS) is 17.0. The lowest BCUT2D eigenvalue weighted by Gasteiger charge is -2.39. The minimum Gasteiger partial charge on any atom is -0.489 e. The summed E-state index contributed by atoms with van der Waals surface area (Å²) in [5.41, 5.74) is 7.03. The number of fused-ring (bicyclic) bond motifs is 2. The molecule has 0 aromatic heterocycles. The summed E-state index contributed by atoms with van der Waals surface area (Å²) in [5.74, 6) is 7.52. The molecule has 0 N–H and O–H groups in total. The standard InChI is InChI=1S/C33H35NO/c1-3-7-28(4-2)29-14-16-31(17-15-29)35-25-27-12-10-26(11-13-27)24-34-22-20-33(21-23-34)19-18-30-8-5-6-9-32(30)33/h5-6,8-19,28H,4,20-25H2,1-2H3/t28-/m1/s1. The minimum atomic E-state index is 0.257. The zero-order valence-electron chi connectivity index (χ0n) is 21.0. The molecule has 0 bridgehead atoms. The number of likely N-dealkylation sites (tertiary alicyclic amines) is 1. The van der Waals surface area contributed by atoms with Crippen molar-refractivity contribution in [2.24, 2.45) is 0 Å². The van der Waals surface area contributed by atoms with Gasteiger partial charge in [0, 0.05) is 17.9 Å². The molecule has 5 rings (SSSR count). The van der Waals surface area contributed by atoms with Crippen molar-refractivity contribution in [1.29, 1.82) is 0 Å². The summed E-state index contributed by atoms with van der Waals surface area (Å²) < 4.78 is 6.04. The fourth-order valence-electron chi connectivity index (χ4n) is 5.54. The summed E-state index contributed by atoms with van der Waals surface area (Å²) in [6, 6.07) is 26.2. The zero-order chi connectivity index (χ0) is 24.1. The van der Waals surface area contributed by atoms with E-state index in [1.807, 2.05) is 6.92 Å². The summed E-state index contributed by atoms with van der Waals surface area (Å²) in [5, 5.41) is 0. The van der Waals surface area contributed by atoms with Crippen molar-refractivity contribution in [2.45, 2.75) is 57.6 Å². The molecule has 1 atom stereocenters. The van der Waals surface area contributed by atoms with Crippen LogP contribution in [-0.4, -0.2) is 18.0 Å². The summed E-state index contributed by atoms with van der Waals surface area (Å²) >= 11 is 0. The van der Waals surface area contributed by atoms with E-state index in [1.54, 1.807) is 0 Å². The third-order valence-corrected chi connectivity index (χ3v) is 7.67. The molecular formula is C33H35NO. The quantitative estimate of drug-likeness (QED) is 0.341. The number of benzene rings is 3.